The molecule has 0 radical (unpaired) electrons. The molecule has 1 atom stereocenters. The summed E-state index contributed by atoms with van der Waals surface area (Å²) in [4.78, 5) is 13.8. The third kappa shape index (κ3) is 3.27. The van der Waals surface area contributed by atoms with E-state index in [4.69, 9.17) is 16.3 Å². The number of carbonyl (C=O) groups is 1. The molecule has 0 bridgehead atoms. The van der Waals surface area contributed by atoms with Gasteiger partial charge in [0.2, 0.25) is 0 Å². The van der Waals surface area contributed by atoms with Crippen LogP contribution in [0.1, 0.15) is 47.0 Å². The van der Waals surface area contributed by atoms with E-state index in [1.54, 1.807) is 4.90 Å². The van der Waals surface area contributed by atoms with E-state index in [2.05, 4.69) is 0 Å². The first kappa shape index (κ1) is 13.6. The average molecular weight is 248 g/mol. The zero-order valence-electron chi connectivity index (χ0n) is 10.7. The van der Waals surface area contributed by atoms with Crippen LogP contribution < -0.4 is 0 Å². The topological polar surface area (TPSA) is 29.5 Å². The molecule has 1 aliphatic heterocycles. The van der Waals surface area contributed by atoms with Crippen LogP contribution in [0, 0.1) is 0 Å². The van der Waals surface area contributed by atoms with Gasteiger partial charge in [-0.05, 0) is 47.0 Å². The van der Waals surface area contributed by atoms with Crippen LogP contribution in [0.3, 0.4) is 0 Å². The van der Waals surface area contributed by atoms with Crippen LogP contribution in [0.15, 0.2) is 0 Å². The standard InChI is InChI=1S/C12H22ClNO2/c1-11(2,3)16-10(15)14-8-6-5-7-12(14,4)9-13/h5-9H2,1-4H3/t12-/m1/s1. The molecule has 0 aromatic carbocycles. The molecule has 0 unspecified atom stereocenters. The van der Waals surface area contributed by atoms with E-state index in [1.165, 1.54) is 0 Å². The lowest BCUT2D eigenvalue weighted by atomic mass is 9.91. The van der Waals surface area contributed by atoms with Gasteiger partial charge in [-0.3, -0.25) is 0 Å². The maximum absolute atomic E-state index is 12.0. The molecule has 0 aliphatic carbocycles. The molecule has 1 fully saturated rings. The number of piperidine rings is 1. The minimum Gasteiger partial charge on any atom is -0.444 e. The fraction of sp³-hybridized carbons (Fsp3) is 0.917. The van der Waals surface area contributed by atoms with Crippen LogP contribution in [-0.2, 0) is 4.74 Å². The van der Waals surface area contributed by atoms with Gasteiger partial charge in [0.05, 0.1) is 5.54 Å². The number of carbonyl (C=O) groups excluding carboxylic acids is 1. The highest BCUT2D eigenvalue weighted by molar-refractivity contribution is 6.18. The quantitative estimate of drug-likeness (QED) is 0.665. The number of ether oxygens (including phenoxy) is 1. The summed E-state index contributed by atoms with van der Waals surface area (Å²) in [7, 11) is 0. The van der Waals surface area contributed by atoms with Gasteiger partial charge in [-0.1, -0.05) is 0 Å². The number of alkyl halides is 1. The lowest BCUT2D eigenvalue weighted by Gasteiger charge is -2.43. The van der Waals surface area contributed by atoms with E-state index in [9.17, 15) is 4.79 Å². The summed E-state index contributed by atoms with van der Waals surface area (Å²) in [6.07, 6.45) is 2.87. The molecule has 0 aromatic rings. The molecule has 1 saturated heterocycles. The summed E-state index contributed by atoms with van der Waals surface area (Å²) >= 11 is 5.98. The van der Waals surface area contributed by atoms with Crippen LogP contribution >= 0.6 is 11.6 Å². The molecule has 4 heteroatoms. The van der Waals surface area contributed by atoms with E-state index >= 15 is 0 Å². The van der Waals surface area contributed by atoms with Gasteiger partial charge < -0.3 is 9.64 Å². The normalized spacial score (nSPS) is 26.7. The SMILES string of the molecule is CC(C)(C)OC(=O)N1CCCC[C@]1(C)CCl. The first-order chi connectivity index (χ1) is 7.28. The van der Waals surface area contributed by atoms with Gasteiger partial charge in [0, 0.05) is 12.4 Å². The van der Waals surface area contributed by atoms with Crippen molar-refractivity contribution in [2.24, 2.45) is 0 Å². The van der Waals surface area contributed by atoms with Crippen LogP contribution in [0.4, 0.5) is 4.79 Å². The molecule has 0 saturated carbocycles. The summed E-state index contributed by atoms with van der Waals surface area (Å²) < 4.78 is 5.40. The van der Waals surface area contributed by atoms with E-state index in [1.807, 2.05) is 27.7 Å². The lowest BCUT2D eigenvalue weighted by molar-refractivity contribution is -0.00563. The molecule has 0 aromatic heterocycles. The Morgan fingerprint density at radius 2 is 2.06 bits per heavy atom. The second-order valence-electron chi connectivity index (χ2n) is 5.72. The average Bonchev–Trinajstić information content (AvgIpc) is 2.15. The van der Waals surface area contributed by atoms with Crippen LogP contribution in [0.2, 0.25) is 0 Å². The van der Waals surface area contributed by atoms with Gasteiger partial charge >= 0.3 is 6.09 Å². The van der Waals surface area contributed by atoms with Crippen molar-refractivity contribution in [1.82, 2.24) is 4.90 Å². The summed E-state index contributed by atoms with van der Waals surface area (Å²) in [5.74, 6) is 0.465. The number of hydrogen-bond donors (Lipinski definition) is 0. The molecule has 1 heterocycles. The number of halogens is 1. The van der Waals surface area contributed by atoms with Crippen LogP contribution in [-0.4, -0.2) is 34.6 Å². The van der Waals surface area contributed by atoms with Crippen LogP contribution in [0.5, 0.6) is 0 Å². The van der Waals surface area contributed by atoms with Crippen molar-refractivity contribution in [3.63, 3.8) is 0 Å². The van der Waals surface area contributed by atoms with Gasteiger partial charge in [0.1, 0.15) is 5.60 Å². The summed E-state index contributed by atoms with van der Waals surface area (Å²) in [6, 6.07) is 0. The molecular weight excluding hydrogens is 226 g/mol. The number of rotatable bonds is 1. The predicted octanol–water partition coefficient (Wildman–Crippen LogP) is 3.40. The second-order valence-corrected chi connectivity index (χ2v) is 5.99. The fourth-order valence-electron chi connectivity index (χ4n) is 1.95. The minimum atomic E-state index is -0.443. The smallest absolute Gasteiger partial charge is 0.410 e. The van der Waals surface area contributed by atoms with Gasteiger partial charge in [0.15, 0.2) is 0 Å². The maximum atomic E-state index is 12.0. The van der Waals surface area contributed by atoms with Gasteiger partial charge in [-0.25, -0.2) is 4.79 Å². The Bertz CT molecular complexity index is 262. The van der Waals surface area contributed by atoms with Crippen molar-refractivity contribution in [3.8, 4) is 0 Å². The Morgan fingerprint density at radius 1 is 1.44 bits per heavy atom. The highest BCUT2D eigenvalue weighted by Crippen LogP contribution is 2.30. The van der Waals surface area contributed by atoms with Crippen molar-refractivity contribution in [2.75, 3.05) is 12.4 Å². The molecule has 1 amide bonds. The Labute approximate surface area is 103 Å². The summed E-state index contributed by atoms with van der Waals surface area (Å²) in [5.41, 5.74) is -0.691. The molecule has 94 valence electrons. The number of nitrogens with zero attached hydrogens (tertiary/aromatic N) is 1. The van der Waals surface area contributed by atoms with E-state index in [-0.39, 0.29) is 11.6 Å². The van der Waals surface area contributed by atoms with Crippen molar-refractivity contribution in [3.05, 3.63) is 0 Å². The van der Waals surface area contributed by atoms with Crippen molar-refractivity contribution in [1.29, 1.82) is 0 Å². The maximum Gasteiger partial charge on any atom is 0.410 e. The molecule has 1 rings (SSSR count). The summed E-state index contributed by atoms with van der Waals surface area (Å²) in [6.45, 7) is 8.42. The van der Waals surface area contributed by atoms with Crippen molar-refractivity contribution < 1.29 is 9.53 Å². The molecule has 16 heavy (non-hydrogen) atoms. The number of likely N-dealkylation sites (tertiary alicyclic amines) is 1. The second kappa shape index (κ2) is 4.82. The molecule has 0 spiro atoms. The van der Waals surface area contributed by atoms with Gasteiger partial charge in [-0.2, -0.15) is 0 Å². The van der Waals surface area contributed by atoms with E-state index < -0.39 is 5.60 Å². The largest absolute Gasteiger partial charge is 0.444 e. The lowest BCUT2D eigenvalue weighted by Crippen LogP contribution is -2.55. The third-order valence-corrected chi connectivity index (χ3v) is 3.48. The number of amides is 1. The molecular formula is C12H22ClNO2. The highest BCUT2D eigenvalue weighted by Gasteiger charge is 2.38. The highest BCUT2D eigenvalue weighted by atomic mass is 35.5. The predicted molar refractivity (Wildman–Crippen MR) is 65.9 cm³/mol. The molecule has 1 aliphatic rings. The van der Waals surface area contributed by atoms with Crippen LogP contribution in [0.25, 0.3) is 0 Å². The van der Waals surface area contributed by atoms with E-state index in [0.29, 0.717) is 5.88 Å². The monoisotopic (exact) mass is 247 g/mol. The zero-order chi connectivity index (χ0) is 12.4. The Hall–Kier alpha value is -0.440. The van der Waals surface area contributed by atoms with Gasteiger partial charge in [-0.15, -0.1) is 11.6 Å². The summed E-state index contributed by atoms with van der Waals surface area (Å²) in [5, 5.41) is 0. The minimum absolute atomic E-state index is 0.240. The Kier molecular flexibility index (Phi) is 4.11. The Balaban J connectivity index is 2.72. The molecule has 3 nitrogen and oxygen atoms in total. The van der Waals surface area contributed by atoms with Crippen molar-refractivity contribution >= 4 is 17.7 Å². The van der Waals surface area contributed by atoms with Gasteiger partial charge in [0.25, 0.3) is 0 Å². The van der Waals surface area contributed by atoms with E-state index in [0.717, 1.165) is 25.8 Å². The molecule has 0 N–H and O–H groups in total. The first-order valence-corrected chi connectivity index (χ1v) is 6.38. The first-order valence-electron chi connectivity index (χ1n) is 5.85. The Morgan fingerprint density at radius 3 is 2.56 bits per heavy atom. The van der Waals surface area contributed by atoms with Crippen molar-refractivity contribution in [2.45, 2.75) is 58.1 Å². The number of hydrogen-bond acceptors (Lipinski definition) is 2. The zero-order valence-corrected chi connectivity index (χ0v) is 11.4. The third-order valence-electron chi connectivity index (χ3n) is 2.90. The fourth-order valence-corrected chi connectivity index (χ4v) is 2.23.